The second-order valence-corrected chi connectivity index (χ2v) is 28.3. The fourth-order valence-corrected chi connectivity index (χ4v) is 26.7. The van der Waals surface area contributed by atoms with E-state index in [1.165, 1.54) is 36.8 Å². The van der Waals surface area contributed by atoms with E-state index in [4.69, 9.17) is 23.2 Å². The van der Waals surface area contributed by atoms with Gasteiger partial charge in [-0.3, -0.25) is 0 Å². The van der Waals surface area contributed by atoms with Crippen LogP contribution in [0.15, 0.2) is 47.5 Å². The topological polar surface area (TPSA) is 0 Å². The Morgan fingerprint density at radius 1 is 0.719 bits per heavy atom. The molecule has 2 saturated carbocycles. The molecule has 4 aliphatic rings. The summed E-state index contributed by atoms with van der Waals surface area (Å²) in [7, 11) is 0. The van der Waals surface area contributed by atoms with Gasteiger partial charge in [-0.05, 0) is 0 Å². The summed E-state index contributed by atoms with van der Waals surface area (Å²) in [6.07, 6.45) is 10.5. The Morgan fingerprint density at radius 2 is 1.12 bits per heavy atom. The Bertz CT molecular complexity index is 1080. The molecule has 2 aromatic rings. The fraction of sp³-hybridized carbons (Fsp3) is 0.385. The van der Waals surface area contributed by atoms with Crippen molar-refractivity contribution in [2.45, 2.75) is 46.0 Å². The number of hydrogen-bond donors (Lipinski definition) is 0. The van der Waals surface area contributed by atoms with E-state index in [9.17, 15) is 0 Å². The molecule has 2 atom stereocenters. The van der Waals surface area contributed by atoms with Gasteiger partial charge >= 0.3 is 199 Å². The average molecular weight is 602 g/mol. The Kier molecular flexibility index (Phi) is 7.64. The molecule has 2 aromatic carbocycles. The molecule has 0 N–H and O–H groups in total. The molecule has 6 heteroatoms. The molecule has 168 valence electrons. The summed E-state index contributed by atoms with van der Waals surface area (Å²) in [6, 6.07) is 13.3. The molecule has 4 aliphatic carbocycles. The summed E-state index contributed by atoms with van der Waals surface area (Å²) in [5.41, 5.74) is 8.93. The van der Waals surface area contributed by atoms with Crippen molar-refractivity contribution in [2.75, 3.05) is 0 Å². The quantitative estimate of drug-likeness (QED) is 0.307. The van der Waals surface area contributed by atoms with Crippen LogP contribution in [0.2, 0.25) is 23.1 Å². The zero-order valence-electron chi connectivity index (χ0n) is 18.3. The van der Waals surface area contributed by atoms with E-state index in [0.717, 1.165) is 21.9 Å². The van der Waals surface area contributed by atoms with Crippen molar-refractivity contribution in [3.63, 3.8) is 0 Å². The van der Waals surface area contributed by atoms with Gasteiger partial charge in [-0.25, -0.2) is 0 Å². The minimum Gasteiger partial charge on any atom is -0.147 e. The van der Waals surface area contributed by atoms with Crippen LogP contribution in [0.5, 0.6) is 0 Å². The van der Waals surface area contributed by atoms with Crippen LogP contribution >= 0.6 is 48.0 Å². The van der Waals surface area contributed by atoms with Gasteiger partial charge in [0.2, 0.25) is 0 Å². The van der Waals surface area contributed by atoms with Gasteiger partial charge in [0.15, 0.2) is 0 Å². The first kappa shape index (κ1) is 25.3. The van der Waals surface area contributed by atoms with Crippen LogP contribution < -0.4 is 0 Å². The standard InChI is InChI=1S/2C12H10Cl.C2H6Si.2ClH.Zr/c2*13-12-3-1-2-9-6-10(7-11(9)12)8-4-5-8;1-3-2;;;/h2*1-3,6-8H,4-5H2;1-2H3;2*1H;. The first-order chi connectivity index (χ1) is 14.5. The molecule has 0 spiro atoms. The number of hydrogen-bond acceptors (Lipinski definition) is 0. The van der Waals surface area contributed by atoms with E-state index in [-0.39, 0.29) is 24.8 Å². The number of rotatable bonds is 4. The van der Waals surface area contributed by atoms with E-state index in [2.05, 4.69) is 61.6 Å². The number of allylic oxidation sites excluding steroid dienone is 2. The molecule has 0 amide bonds. The van der Waals surface area contributed by atoms with Crippen molar-refractivity contribution in [1.82, 2.24) is 0 Å². The van der Waals surface area contributed by atoms with Crippen LogP contribution in [0.3, 0.4) is 0 Å². The van der Waals surface area contributed by atoms with E-state index >= 15 is 0 Å². The van der Waals surface area contributed by atoms with Gasteiger partial charge in [0.1, 0.15) is 0 Å². The van der Waals surface area contributed by atoms with Crippen LogP contribution in [0.1, 0.15) is 55.2 Å². The molecule has 2 fully saturated rings. The molecule has 32 heavy (non-hydrogen) atoms. The van der Waals surface area contributed by atoms with Gasteiger partial charge in [-0.2, -0.15) is 0 Å². The van der Waals surface area contributed by atoms with Gasteiger partial charge < -0.3 is 0 Å². The molecule has 0 radical (unpaired) electrons. The fourth-order valence-electron chi connectivity index (χ4n) is 5.75. The van der Waals surface area contributed by atoms with Gasteiger partial charge in [-0.15, -0.1) is 24.8 Å². The summed E-state index contributed by atoms with van der Waals surface area (Å²) < 4.78 is 1.41. The van der Waals surface area contributed by atoms with Crippen molar-refractivity contribution in [3.8, 4) is 0 Å². The van der Waals surface area contributed by atoms with E-state index in [1.54, 1.807) is 22.3 Å². The molecule has 0 bridgehead atoms. The van der Waals surface area contributed by atoms with Crippen molar-refractivity contribution in [2.24, 2.45) is 11.8 Å². The van der Waals surface area contributed by atoms with E-state index in [0.29, 0.717) is 7.25 Å². The normalized spacial score (nSPS) is 22.8. The van der Waals surface area contributed by atoms with E-state index < -0.39 is 25.8 Å². The average Bonchev–Trinajstić information content (AvgIpc) is 3.65. The maximum absolute atomic E-state index is 6.72. The van der Waals surface area contributed by atoms with Crippen molar-refractivity contribution in [1.29, 1.82) is 0 Å². The summed E-state index contributed by atoms with van der Waals surface area (Å²) in [5, 5.41) is 1.90. The Balaban J connectivity index is 0.00000122. The van der Waals surface area contributed by atoms with E-state index in [1.807, 2.05) is 0 Å². The van der Waals surface area contributed by atoms with Gasteiger partial charge in [0, 0.05) is 0 Å². The second-order valence-electron chi connectivity index (χ2n) is 9.64. The SMILES string of the molecule is C[Si](C)=[Zr]([CH]1C(C2CC2)=Cc2c(Cl)cccc21)[CH]1C(C2CC2)=Cc2c(Cl)cccc21.Cl.Cl. The third-order valence-electron chi connectivity index (χ3n) is 7.38. The third kappa shape index (κ3) is 4.20. The maximum Gasteiger partial charge on any atom is -0.147 e. The predicted molar refractivity (Wildman–Crippen MR) is 142 cm³/mol. The Morgan fingerprint density at radius 3 is 1.47 bits per heavy atom. The second kappa shape index (κ2) is 9.67. The smallest absolute Gasteiger partial charge is 0.147 e. The van der Waals surface area contributed by atoms with Crippen LogP contribution in [-0.4, -0.2) is 5.43 Å². The molecule has 0 nitrogen and oxygen atoms in total. The first-order valence-electron chi connectivity index (χ1n) is 11.2. The molecule has 6 rings (SSSR count). The number of fused-ring (bicyclic) bond motifs is 2. The summed E-state index contributed by atoms with van der Waals surface area (Å²) in [4.78, 5) is 0. The van der Waals surface area contributed by atoms with Crippen molar-refractivity contribution in [3.05, 3.63) is 79.8 Å². The summed E-state index contributed by atoms with van der Waals surface area (Å²) in [6.45, 7) is 5.22. The predicted octanol–water partition coefficient (Wildman–Crippen LogP) is 9.10. The van der Waals surface area contributed by atoms with Crippen LogP contribution in [0.25, 0.3) is 12.2 Å². The molecule has 0 aromatic heterocycles. The van der Waals surface area contributed by atoms with Crippen LogP contribution in [-0.2, 0) is 20.4 Å². The zero-order chi connectivity index (χ0) is 20.6. The largest absolute Gasteiger partial charge is 0.147 e. The van der Waals surface area contributed by atoms with Gasteiger partial charge in [-0.1, -0.05) is 0 Å². The molecule has 0 aliphatic heterocycles. The maximum atomic E-state index is 6.72. The summed E-state index contributed by atoms with van der Waals surface area (Å²) >= 11 is 11.4. The molecule has 0 heterocycles. The number of halogens is 4. The summed E-state index contributed by atoms with van der Waals surface area (Å²) in [5.74, 6) is 1.62. The molecular weight excluding hydrogens is 573 g/mol. The minimum absolute atomic E-state index is 0. The van der Waals surface area contributed by atoms with Crippen molar-refractivity contribution < 1.29 is 20.4 Å². The first-order valence-corrected chi connectivity index (χ1v) is 21.0. The van der Waals surface area contributed by atoms with Crippen LogP contribution in [0.4, 0.5) is 0 Å². The van der Waals surface area contributed by atoms with Gasteiger partial charge in [0.25, 0.3) is 0 Å². The Labute approximate surface area is 221 Å². The van der Waals surface area contributed by atoms with Crippen LogP contribution in [0, 0.1) is 11.8 Å². The monoisotopic (exact) mass is 598 g/mol. The Hall–Kier alpha value is 0.180. The van der Waals surface area contributed by atoms with Crippen molar-refractivity contribution >= 4 is 65.6 Å². The molecule has 2 unspecified atom stereocenters. The third-order valence-corrected chi connectivity index (χ3v) is 27.4. The number of benzene rings is 2. The molecular formula is C26H28Cl4SiZr. The van der Waals surface area contributed by atoms with Gasteiger partial charge in [0.05, 0.1) is 0 Å². The minimum atomic E-state index is -2.00. The molecule has 0 saturated heterocycles. The zero-order valence-corrected chi connectivity index (χ0v) is 24.9.